The second-order valence-electron chi connectivity index (χ2n) is 5.32. The van der Waals surface area contributed by atoms with Crippen LogP contribution in [0.4, 0.5) is 0 Å². The first-order valence-electron chi connectivity index (χ1n) is 6.83. The zero-order valence-corrected chi connectivity index (χ0v) is 13.4. The van der Waals surface area contributed by atoms with Crippen molar-refractivity contribution in [2.24, 2.45) is 5.92 Å². The van der Waals surface area contributed by atoms with Gasteiger partial charge in [0.05, 0.1) is 6.04 Å². The highest BCUT2D eigenvalue weighted by Gasteiger charge is 2.22. The SMILES string of the molecule is CC(C)[C@@H](c1ccc(Br)cc1)N(O)Cc1ccccc1. The minimum absolute atomic E-state index is 0.0108. The molecule has 2 rings (SSSR count). The minimum atomic E-state index is -0.0108. The maximum Gasteiger partial charge on any atom is 0.0626 e. The molecular formula is C17H20BrNO. The van der Waals surface area contributed by atoms with Crippen LogP contribution >= 0.6 is 15.9 Å². The Kier molecular flexibility index (Phi) is 5.35. The number of nitrogens with zero attached hydrogens (tertiary/aromatic N) is 1. The van der Waals surface area contributed by atoms with Crippen LogP contribution in [0.1, 0.15) is 31.0 Å². The van der Waals surface area contributed by atoms with Crippen LogP contribution in [0.3, 0.4) is 0 Å². The summed E-state index contributed by atoms with van der Waals surface area (Å²) < 4.78 is 1.05. The van der Waals surface area contributed by atoms with E-state index in [4.69, 9.17) is 0 Å². The van der Waals surface area contributed by atoms with E-state index in [2.05, 4.69) is 41.9 Å². The maximum atomic E-state index is 10.5. The smallest absolute Gasteiger partial charge is 0.0626 e. The van der Waals surface area contributed by atoms with Crippen molar-refractivity contribution in [2.75, 3.05) is 0 Å². The molecule has 0 saturated carbocycles. The lowest BCUT2D eigenvalue weighted by atomic mass is 9.95. The van der Waals surface area contributed by atoms with Gasteiger partial charge in [-0.25, -0.2) is 0 Å². The van der Waals surface area contributed by atoms with Crippen molar-refractivity contribution >= 4 is 15.9 Å². The van der Waals surface area contributed by atoms with E-state index in [0.29, 0.717) is 12.5 Å². The fraction of sp³-hybridized carbons (Fsp3) is 0.294. The van der Waals surface area contributed by atoms with Gasteiger partial charge >= 0.3 is 0 Å². The molecule has 0 bridgehead atoms. The molecular weight excluding hydrogens is 314 g/mol. The molecule has 0 aromatic heterocycles. The molecule has 0 radical (unpaired) electrons. The average Bonchev–Trinajstić information content (AvgIpc) is 2.42. The number of hydrogen-bond donors (Lipinski definition) is 1. The summed E-state index contributed by atoms with van der Waals surface area (Å²) in [6, 6.07) is 18.2. The molecule has 0 aliphatic rings. The molecule has 0 fully saturated rings. The fourth-order valence-corrected chi connectivity index (χ4v) is 2.69. The van der Waals surface area contributed by atoms with E-state index >= 15 is 0 Å². The van der Waals surface area contributed by atoms with E-state index < -0.39 is 0 Å². The van der Waals surface area contributed by atoms with Crippen molar-refractivity contribution < 1.29 is 5.21 Å². The van der Waals surface area contributed by atoms with Crippen molar-refractivity contribution in [3.05, 3.63) is 70.2 Å². The first-order valence-corrected chi connectivity index (χ1v) is 7.62. The largest absolute Gasteiger partial charge is 0.313 e. The van der Waals surface area contributed by atoms with Gasteiger partial charge in [0, 0.05) is 11.0 Å². The van der Waals surface area contributed by atoms with Crippen molar-refractivity contribution in [3.63, 3.8) is 0 Å². The fourth-order valence-electron chi connectivity index (χ4n) is 2.43. The third kappa shape index (κ3) is 3.92. The molecule has 0 unspecified atom stereocenters. The van der Waals surface area contributed by atoms with E-state index in [-0.39, 0.29) is 6.04 Å². The molecule has 3 heteroatoms. The second kappa shape index (κ2) is 7.02. The Labute approximate surface area is 129 Å². The Morgan fingerprint density at radius 3 is 2.15 bits per heavy atom. The summed E-state index contributed by atoms with van der Waals surface area (Å²) in [5.41, 5.74) is 2.24. The Hall–Kier alpha value is -1.16. The molecule has 106 valence electrons. The topological polar surface area (TPSA) is 23.5 Å². The van der Waals surface area contributed by atoms with Crippen molar-refractivity contribution in [3.8, 4) is 0 Å². The van der Waals surface area contributed by atoms with Gasteiger partial charge in [-0.05, 0) is 29.2 Å². The van der Waals surface area contributed by atoms with Crippen LogP contribution in [0.2, 0.25) is 0 Å². The molecule has 20 heavy (non-hydrogen) atoms. The monoisotopic (exact) mass is 333 g/mol. The highest BCUT2D eigenvalue weighted by atomic mass is 79.9. The predicted octanol–water partition coefficient (Wildman–Crippen LogP) is 5.04. The summed E-state index contributed by atoms with van der Waals surface area (Å²) in [6.45, 7) is 4.78. The van der Waals surface area contributed by atoms with Gasteiger partial charge in [-0.1, -0.05) is 72.2 Å². The molecule has 0 amide bonds. The van der Waals surface area contributed by atoms with E-state index in [9.17, 15) is 5.21 Å². The van der Waals surface area contributed by atoms with Gasteiger partial charge in [-0.3, -0.25) is 0 Å². The van der Waals surface area contributed by atoms with Gasteiger partial charge in [0.1, 0.15) is 0 Å². The van der Waals surface area contributed by atoms with E-state index in [1.807, 2.05) is 42.5 Å². The Balaban J connectivity index is 2.18. The Morgan fingerprint density at radius 1 is 1.00 bits per heavy atom. The van der Waals surface area contributed by atoms with Crippen molar-refractivity contribution in [2.45, 2.75) is 26.4 Å². The summed E-state index contributed by atoms with van der Waals surface area (Å²) in [5.74, 6) is 0.324. The van der Waals surface area contributed by atoms with Gasteiger partial charge in [-0.15, -0.1) is 0 Å². The first kappa shape index (κ1) is 15.2. The van der Waals surface area contributed by atoms with E-state index in [1.54, 1.807) is 0 Å². The molecule has 0 aliphatic heterocycles. The van der Waals surface area contributed by atoms with Gasteiger partial charge in [-0.2, -0.15) is 5.06 Å². The highest BCUT2D eigenvalue weighted by Crippen LogP contribution is 2.29. The molecule has 1 atom stereocenters. The number of rotatable bonds is 5. The van der Waals surface area contributed by atoms with Crippen molar-refractivity contribution in [1.82, 2.24) is 5.06 Å². The van der Waals surface area contributed by atoms with Crippen LogP contribution in [0, 0.1) is 5.92 Å². The second-order valence-corrected chi connectivity index (χ2v) is 6.24. The van der Waals surface area contributed by atoms with Crippen LogP contribution in [0.5, 0.6) is 0 Å². The normalized spacial score (nSPS) is 12.9. The highest BCUT2D eigenvalue weighted by molar-refractivity contribution is 9.10. The summed E-state index contributed by atoms with van der Waals surface area (Å²) in [4.78, 5) is 0. The van der Waals surface area contributed by atoms with Gasteiger partial charge in [0.15, 0.2) is 0 Å². The molecule has 1 N–H and O–H groups in total. The molecule has 2 nitrogen and oxygen atoms in total. The zero-order valence-electron chi connectivity index (χ0n) is 11.8. The van der Waals surface area contributed by atoms with Crippen molar-refractivity contribution in [1.29, 1.82) is 0 Å². The summed E-state index contributed by atoms with van der Waals surface area (Å²) in [6.07, 6.45) is 0. The molecule has 0 aliphatic carbocycles. The van der Waals surface area contributed by atoms with E-state index in [0.717, 1.165) is 15.6 Å². The zero-order chi connectivity index (χ0) is 14.5. The Bertz CT molecular complexity index is 524. The average molecular weight is 334 g/mol. The van der Waals surface area contributed by atoms with Gasteiger partial charge in [0.2, 0.25) is 0 Å². The lowest BCUT2D eigenvalue weighted by Gasteiger charge is -2.29. The third-order valence-electron chi connectivity index (χ3n) is 3.35. The summed E-state index contributed by atoms with van der Waals surface area (Å²) in [7, 11) is 0. The standard InChI is InChI=1S/C17H20BrNO/c1-13(2)17(15-8-10-16(18)11-9-15)19(20)12-14-6-4-3-5-7-14/h3-11,13,17,20H,12H2,1-2H3/t17-/m0/s1. The van der Waals surface area contributed by atoms with Gasteiger partial charge in [0.25, 0.3) is 0 Å². The summed E-state index contributed by atoms with van der Waals surface area (Å²) >= 11 is 3.45. The number of benzene rings is 2. The third-order valence-corrected chi connectivity index (χ3v) is 3.88. The van der Waals surface area contributed by atoms with Crippen LogP contribution in [0.15, 0.2) is 59.1 Å². The first-order chi connectivity index (χ1) is 9.58. The quantitative estimate of drug-likeness (QED) is 0.775. The summed E-state index contributed by atoms with van der Waals surface area (Å²) in [5, 5.41) is 11.9. The van der Waals surface area contributed by atoms with Gasteiger partial charge < -0.3 is 5.21 Å². The maximum absolute atomic E-state index is 10.5. The molecule has 2 aromatic rings. The molecule has 0 spiro atoms. The van der Waals surface area contributed by atoms with Crippen LogP contribution in [0.25, 0.3) is 0 Å². The van der Waals surface area contributed by atoms with Crippen LogP contribution in [-0.2, 0) is 6.54 Å². The number of hydroxylamine groups is 2. The Morgan fingerprint density at radius 2 is 1.60 bits per heavy atom. The van der Waals surface area contributed by atoms with Crippen LogP contribution in [-0.4, -0.2) is 10.3 Å². The lowest BCUT2D eigenvalue weighted by molar-refractivity contribution is -0.149. The molecule has 0 saturated heterocycles. The van der Waals surface area contributed by atoms with E-state index in [1.165, 1.54) is 5.06 Å². The molecule has 0 heterocycles. The number of hydrogen-bond acceptors (Lipinski definition) is 2. The predicted molar refractivity (Wildman–Crippen MR) is 85.5 cm³/mol. The molecule has 2 aromatic carbocycles. The minimum Gasteiger partial charge on any atom is -0.313 e. The van der Waals surface area contributed by atoms with Crippen LogP contribution < -0.4 is 0 Å². The number of halogens is 1. The lowest BCUT2D eigenvalue weighted by Crippen LogP contribution is -2.28.